The highest BCUT2D eigenvalue weighted by atomic mass is 16.6. The van der Waals surface area contributed by atoms with Crippen LogP contribution in [-0.2, 0) is 28.6 Å². The van der Waals surface area contributed by atoms with Gasteiger partial charge < -0.3 is 14.2 Å². The summed E-state index contributed by atoms with van der Waals surface area (Å²) in [5.41, 5.74) is 0. The molecule has 0 amide bonds. The molecule has 0 aliphatic heterocycles. The van der Waals surface area contributed by atoms with Crippen LogP contribution in [-0.4, -0.2) is 37.2 Å². The van der Waals surface area contributed by atoms with Gasteiger partial charge in [0.05, 0.1) is 0 Å². The van der Waals surface area contributed by atoms with Crippen LogP contribution in [0.2, 0.25) is 0 Å². The normalized spacial score (nSPS) is 13.1. The van der Waals surface area contributed by atoms with Crippen molar-refractivity contribution in [1.29, 1.82) is 0 Å². The van der Waals surface area contributed by atoms with E-state index in [4.69, 9.17) is 14.2 Å². The quantitative estimate of drug-likeness (QED) is 0.0261. The van der Waals surface area contributed by atoms with Gasteiger partial charge in [-0.1, -0.05) is 282 Å². The fourth-order valence-electron chi connectivity index (χ4n) is 8.62. The molecular formula is C73H118O6. The minimum absolute atomic E-state index is 0.107. The second-order valence-corrected chi connectivity index (χ2v) is 20.9. The maximum Gasteiger partial charge on any atom is 0.306 e. The molecule has 0 radical (unpaired) electrons. The molecule has 0 N–H and O–H groups in total. The van der Waals surface area contributed by atoms with E-state index in [1.807, 2.05) is 6.08 Å². The van der Waals surface area contributed by atoms with Crippen molar-refractivity contribution in [2.75, 3.05) is 13.2 Å². The van der Waals surface area contributed by atoms with Crippen molar-refractivity contribution in [3.05, 3.63) is 146 Å². The number of carbonyl (C=O) groups excluding carboxylic acids is 3. The highest BCUT2D eigenvalue weighted by molar-refractivity contribution is 5.71. The number of unbranched alkanes of at least 4 members (excludes halogenated alkanes) is 22. The first kappa shape index (κ1) is 74.3. The second kappa shape index (κ2) is 65.8. The van der Waals surface area contributed by atoms with Gasteiger partial charge in [-0.3, -0.25) is 14.4 Å². The molecule has 0 fully saturated rings. The average Bonchev–Trinajstić information content (AvgIpc) is 3.45. The molecule has 0 saturated carbocycles. The molecule has 0 spiro atoms. The summed E-state index contributed by atoms with van der Waals surface area (Å²) in [5, 5.41) is 0. The molecule has 0 aliphatic carbocycles. The zero-order valence-electron chi connectivity index (χ0n) is 51.1. The number of hydrogen-bond donors (Lipinski definition) is 0. The van der Waals surface area contributed by atoms with Crippen LogP contribution in [0.15, 0.2) is 146 Å². The highest BCUT2D eigenvalue weighted by Crippen LogP contribution is 2.16. The Labute approximate surface area is 487 Å². The summed E-state index contributed by atoms with van der Waals surface area (Å²) in [4.78, 5) is 38.3. The smallest absolute Gasteiger partial charge is 0.306 e. The fraction of sp³-hybridized carbons (Fsp3) is 0.630. The van der Waals surface area contributed by atoms with E-state index >= 15 is 0 Å². The van der Waals surface area contributed by atoms with Crippen molar-refractivity contribution in [2.24, 2.45) is 0 Å². The lowest BCUT2D eigenvalue weighted by molar-refractivity contribution is -0.166. The molecule has 0 heterocycles. The molecule has 79 heavy (non-hydrogen) atoms. The Morgan fingerprint density at radius 2 is 0.481 bits per heavy atom. The summed E-state index contributed by atoms with van der Waals surface area (Å²) < 4.78 is 16.8. The molecule has 6 nitrogen and oxygen atoms in total. The first-order valence-corrected chi connectivity index (χ1v) is 32.3. The Hall–Kier alpha value is -4.71. The number of ether oxygens (including phenoxy) is 3. The maximum atomic E-state index is 12.9. The summed E-state index contributed by atoms with van der Waals surface area (Å²) in [6.45, 7) is 6.24. The Bertz CT molecular complexity index is 1730. The number of allylic oxidation sites excluding steroid dienone is 24. The Morgan fingerprint density at radius 1 is 0.253 bits per heavy atom. The van der Waals surface area contributed by atoms with Crippen LogP contribution in [0.4, 0.5) is 0 Å². The van der Waals surface area contributed by atoms with Crippen LogP contribution in [0.3, 0.4) is 0 Å². The van der Waals surface area contributed by atoms with E-state index in [1.165, 1.54) is 109 Å². The monoisotopic (exact) mass is 1090 g/mol. The average molecular weight is 1090 g/mol. The van der Waals surface area contributed by atoms with E-state index in [0.29, 0.717) is 19.3 Å². The molecule has 0 aliphatic rings. The largest absolute Gasteiger partial charge is 0.462 e. The Kier molecular flexibility index (Phi) is 61.9. The van der Waals surface area contributed by atoms with Gasteiger partial charge in [-0.15, -0.1) is 0 Å². The molecule has 0 rings (SSSR count). The third-order valence-corrected chi connectivity index (χ3v) is 13.3. The van der Waals surface area contributed by atoms with E-state index in [2.05, 4.69) is 161 Å². The van der Waals surface area contributed by atoms with E-state index in [-0.39, 0.29) is 37.5 Å². The van der Waals surface area contributed by atoms with Gasteiger partial charge in [0.25, 0.3) is 0 Å². The third-order valence-electron chi connectivity index (χ3n) is 13.3. The molecule has 1 unspecified atom stereocenters. The van der Waals surface area contributed by atoms with E-state index in [1.54, 1.807) is 0 Å². The van der Waals surface area contributed by atoms with Crippen molar-refractivity contribution < 1.29 is 28.6 Å². The Balaban J connectivity index is 4.36. The second-order valence-electron chi connectivity index (χ2n) is 20.9. The van der Waals surface area contributed by atoms with Crippen molar-refractivity contribution in [3.8, 4) is 0 Å². The van der Waals surface area contributed by atoms with E-state index in [0.717, 1.165) is 122 Å². The molecule has 6 heteroatoms. The van der Waals surface area contributed by atoms with Crippen molar-refractivity contribution in [3.63, 3.8) is 0 Å². The topological polar surface area (TPSA) is 78.9 Å². The maximum absolute atomic E-state index is 12.9. The minimum Gasteiger partial charge on any atom is -0.462 e. The van der Waals surface area contributed by atoms with Gasteiger partial charge in [-0.25, -0.2) is 0 Å². The highest BCUT2D eigenvalue weighted by Gasteiger charge is 2.19. The molecule has 446 valence electrons. The van der Waals surface area contributed by atoms with Gasteiger partial charge in [-0.2, -0.15) is 0 Å². The Morgan fingerprint density at radius 3 is 0.785 bits per heavy atom. The number of rotatable bonds is 57. The first-order valence-electron chi connectivity index (χ1n) is 32.3. The van der Waals surface area contributed by atoms with Crippen molar-refractivity contribution in [2.45, 2.75) is 284 Å². The van der Waals surface area contributed by atoms with Gasteiger partial charge in [0, 0.05) is 19.3 Å². The van der Waals surface area contributed by atoms with Crippen molar-refractivity contribution in [1.82, 2.24) is 0 Å². The predicted molar refractivity (Wildman–Crippen MR) is 343 cm³/mol. The zero-order chi connectivity index (χ0) is 57.1. The van der Waals surface area contributed by atoms with Crippen LogP contribution in [0.25, 0.3) is 0 Å². The molecule has 0 saturated heterocycles. The zero-order valence-corrected chi connectivity index (χ0v) is 51.1. The van der Waals surface area contributed by atoms with Gasteiger partial charge in [0.2, 0.25) is 0 Å². The standard InChI is InChI=1S/C73H118O6/c1-4-7-10-13-16-19-22-25-27-29-31-33-34-35-36-37-38-40-41-43-45-48-51-54-57-60-63-66-72(75)78-69-70(68-77-71(74)65-62-59-56-53-50-47-24-21-18-15-12-9-6-3)79-73(76)67-64-61-58-55-52-49-46-44-42-39-32-30-28-26-23-20-17-14-11-8-5-2/h7-12,16-21,25-28,31-33,39,47,50,56,59,70H,4-6,13-15,22-24,29-30,34-38,40-46,48-49,51-55,57-58,60-69H2,1-3H3/b10-7-,11-8-,12-9-,19-16-,20-17-,21-18-,27-25-,28-26-,33-31-,39-32-,50-47-,59-56-. The number of hydrogen-bond acceptors (Lipinski definition) is 6. The van der Waals surface area contributed by atoms with Crippen LogP contribution in [0.5, 0.6) is 0 Å². The molecule has 0 aromatic heterocycles. The van der Waals surface area contributed by atoms with Gasteiger partial charge in [0.1, 0.15) is 13.2 Å². The molecule has 0 bridgehead atoms. The lowest BCUT2D eigenvalue weighted by Crippen LogP contribution is -2.30. The summed E-state index contributed by atoms with van der Waals surface area (Å²) in [7, 11) is 0. The summed E-state index contributed by atoms with van der Waals surface area (Å²) in [6.07, 6.45) is 94.5. The molecule has 1 atom stereocenters. The SMILES string of the molecule is CC/C=C\C/C=C\C/C=C\C/C=C\CCCCCCCCCCCCCCCCC(=O)OCC(COC(=O)CC/C=C\C/C=C\C/C=C\C/C=C\CC)OC(=O)CCCCCCCCCC/C=C\C/C=C\C/C=C\C/C=C\CC. The summed E-state index contributed by atoms with van der Waals surface area (Å²) >= 11 is 0. The van der Waals surface area contributed by atoms with Crippen molar-refractivity contribution >= 4 is 17.9 Å². The van der Waals surface area contributed by atoms with E-state index < -0.39 is 6.10 Å². The minimum atomic E-state index is -0.818. The lowest BCUT2D eigenvalue weighted by atomic mass is 10.0. The fourth-order valence-corrected chi connectivity index (χ4v) is 8.62. The predicted octanol–water partition coefficient (Wildman–Crippen LogP) is 22.3. The first-order chi connectivity index (χ1) is 39.0. The molecule has 0 aromatic carbocycles. The summed E-state index contributed by atoms with van der Waals surface area (Å²) in [5.74, 6) is -1.00. The van der Waals surface area contributed by atoms with Gasteiger partial charge >= 0.3 is 17.9 Å². The van der Waals surface area contributed by atoms with E-state index in [9.17, 15) is 14.4 Å². The van der Waals surface area contributed by atoms with Crippen LogP contribution >= 0.6 is 0 Å². The summed E-state index contributed by atoms with van der Waals surface area (Å²) in [6, 6.07) is 0. The molecule has 0 aromatic rings. The van der Waals surface area contributed by atoms with Gasteiger partial charge in [-0.05, 0) is 122 Å². The number of esters is 3. The van der Waals surface area contributed by atoms with Crippen LogP contribution in [0.1, 0.15) is 278 Å². The van der Waals surface area contributed by atoms with Crippen LogP contribution < -0.4 is 0 Å². The number of carbonyl (C=O) groups is 3. The lowest BCUT2D eigenvalue weighted by Gasteiger charge is -2.18. The molecular weight excluding hydrogens is 973 g/mol. The third kappa shape index (κ3) is 64.0. The van der Waals surface area contributed by atoms with Gasteiger partial charge in [0.15, 0.2) is 6.10 Å². The van der Waals surface area contributed by atoms with Crippen LogP contribution in [0, 0.1) is 0 Å².